The van der Waals surface area contributed by atoms with Gasteiger partial charge in [-0.25, -0.2) is 9.59 Å². The molecule has 4 N–H and O–H groups in total. The quantitative estimate of drug-likeness (QED) is 0.577. The van der Waals surface area contributed by atoms with Crippen LogP contribution in [0.4, 0.5) is 0 Å². The van der Waals surface area contributed by atoms with Crippen LogP contribution in [0, 0.1) is 6.92 Å². The first-order chi connectivity index (χ1) is 9.84. The number of nitrogens with one attached hydrogen (secondary N) is 3. The molecule has 0 aliphatic heterocycles. The average Bonchev–Trinajstić information content (AvgIpc) is 2.31. The van der Waals surface area contributed by atoms with Gasteiger partial charge in [-0.15, -0.1) is 0 Å². The summed E-state index contributed by atoms with van der Waals surface area (Å²) in [6.07, 6.45) is 1.74. The van der Waals surface area contributed by atoms with Crippen LogP contribution in [-0.4, -0.2) is 32.5 Å². The van der Waals surface area contributed by atoms with E-state index in [9.17, 15) is 19.2 Å². The minimum Gasteiger partial charge on any atom is -0.480 e. The Balaban J connectivity index is 2.01. The number of aromatic amines is 2. The van der Waals surface area contributed by atoms with Crippen molar-refractivity contribution in [2.24, 2.45) is 0 Å². The molecule has 1 aromatic rings. The number of aliphatic carboxylic acids is 1. The molecule has 0 bridgehead atoms. The Morgan fingerprint density at radius 3 is 2.43 bits per heavy atom. The molecule has 1 aromatic heterocycles. The molecule has 1 fully saturated rings. The molecule has 8 nitrogen and oxygen atoms in total. The average molecular weight is 295 g/mol. The molecule has 1 aliphatic carbocycles. The fraction of sp³-hybridized carbons (Fsp3) is 0.538. The van der Waals surface area contributed by atoms with Crippen LogP contribution >= 0.6 is 0 Å². The highest BCUT2D eigenvalue weighted by atomic mass is 16.4. The summed E-state index contributed by atoms with van der Waals surface area (Å²) in [4.78, 5) is 50.3. The molecule has 8 heteroatoms. The molecule has 1 heterocycles. The second-order valence-electron chi connectivity index (χ2n) is 5.30. The summed E-state index contributed by atoms with van der Waals surface area (Å²) in [7, 11) is 0. The molecule has 0 unspecified atom stereocenters. The van der Waals surface area contributed by atoms with Crippen molar-refractivity contribution in [2.45, 2.75) is 44.6 Å². The lowest BCUT2D eigenvalue weighted by molar-refractivity contribution is -0.151. The van der Waals surface area contributed by atoms with Crippen LogP contribution < -0.4 is 16.6 Å². The molecular formula is C13H17N3O5. The highest BCUT2D eigenvalue weighted by Gasteiger charge is 2.45. The largest absolute Gasteiger partial charge is 0.480 e. The molecule has 0 aromatic carbocycles. The number of carboxylic acids is 1. The van der Waals surface area contributed by atoms with E-state index in [0.717, 1.165) is 6.42 Å². The second kappa shape index (κ2) is 5.55. The fourth-order valence-corrected chi connectivity index (χ4v) is 2.42. The van der Waals surface area contributed by atoms with Crippen molar-refractivity contribution >= 4 is 11.9 Å². The van der Waals surface area contributed by atoms with Gasteiger partial charge in [-0.3, -0.25) is 14.6 Å². The number of carbonyl (C=O) groups excluding carboxylic acids is 1. The lowest BCUT2D eigenvalue weighted by Gasteiger charge is -2.38. The zero-order valence-electron chi connectivity index (χ0n) is 11.6. The summed E-state index contributed by atoms with van der Waals surface area (Å²) in [6.45, 7) is 1.58. The van der Waals surface area contributed by atoms with E-state index in [4.69, 9.17) is 5.11 Å². The van der Waals surface area contributed by atoms with Crippen molar-refractivity contribution in [3.8, 4) is 0 Å². The minimum atomic E-state index is -1.15. The third kappa shape index (κ3) is 3.04. The van der Waals surface area contributed by atoms with Gasteiger partial charge in [-0.05, 0) is 32.6 Å². The highest BCUT2D eigenvalue weighted by Crippen LogP contribution is 2.32. The summed E-state index contributed by atoms with van der Waals surface area (Å²) in [5.41, 5.74) is -1.54. The molecule has 1 amide bonds. The summed E-state index contributed by atoms with van der Waals surface area (Å²) >= 11 is 0. The number of hydrogen-bond acceptors (Lipinski definition) is 4. The number of aromatic nitrogens is 2. The van der Waals surface area contributed by atoms with Crippen molar-refractivity contribution in [1.29, 1.82) is 0 Å². The van der Waals surface area contributed by atoms with Gasteiger partial charge in [0.1, 0.15) is 5.54 Å². The van der Waals surface area contributed by atoms with E-state index in [2.05, 4.69) is 15.3 Å². The number of rotatable bonds is 5. The smallest absolute Gasteiger partial charge is 0.329 e. The van der Waals surface area contributed by atoms with Crippen molar-refractivity contribution in [2.75, 3.05) is 0 Å². The van der Waals surface area contributed by atoms with Crippen molar-refractivity contribution < 1.29 is 14.7 Å². The van der Waals surface area contributed by atoms with E-state index in [1.807, 2.05) is 0 Å². The lowest BCUT2D eigenvalue weighted by Crippen LogP contribution is -2.59. The standard InChI is InChI=1S/C13H17N3O5/c1-7-8(10(18)15-12(21)14-7)3-4-9(17)16-13(11(19)20)5-2-6-13/h2-6H2,1H3,(H,16,17)(H,19,20)(H2,14,15,18,21). The molecule has 21 heavy (non-hydrogen) atoms. The number of hydrogen-bond donors (Lipinski definition) is 4. The maximum Gasteiger partial charge on any atom is 0.329 e. The summed E-state index contributed by atoms with van der Waals surface area (Å²) < 4.78 is 0. The van der Waals surface area contributed by atoms with Crippen molar-refractivity contribution in [1.82, 2.24) is 15.3 Å². The SMILES string of the molecule is Cc1[nH]c(=O)[nH]c(=O)c1CCC(=O)NC1(C(=O)O)CCC1. The van der Waals surface area contributed by atoms with Gasteiger partial charge < -0.3 is 15.4 Å². The topological polar surface area (TPSA) is 132 Å². The van der Waals surface area contributed by atoms with Gasteiger partial charge in [0.2, 0.25) is 5.91 Å². The summed E-state index contributed by atoms with van der Waals surface area (Å²) in [6, 6.07) is 0. The minimum absolute atomic E-state index is 0.00893. The Morgan fingerprint density at radius 1 is 1.29 bits per heavy atom. The fourth-order valence-electron chi connectivity index (χ4n) is 2.42. The monoisotopic (exact) mass is 295 g/mol. The second-order valence-corrected chi connectivity index (χ2v) is 5.30. The molecule has 2 rings (SSSR count). The van der Waals surface area contributed by atoms with E-state index < -0.39 is 28.7 Å². The Labute approximate surface area is 119 Å². The maximum atomic E-state index is 11.9. The van der Waals surface area contributed by atoms with Crippen molar-refractivity contribution in [3.05, 3.63) is 32.1 Å². The molecule has 0 radical (unpaired) electrons. The number of carbonyl (C=O) groups is 2. The first kappa shape index (κ1) is 15.0. The molecule has 0 atom stereocenters. The molecule has 114 valence electrons. The van der Waals surface area contributed by atoms with E-state index in [1.54, 1.807) is 6.92 Å². The van der Waals surface area contributed by atoms with Gasteiger partial charge in [0, 0.05) is 17.7 Å². The molecular weight excluding hydrogens is 278 g/mol. The highest BCUT2D eigenvalue weighted by molar-refractivity contribution is 5.87. The van der Waals surface area contributed by atoms with E-state index in [-0.39, 0.29) is 12.8 Å². The zero-order valence-corrected chi connectivity index (χ0v) is 11.6. The van der Waals surface area contributed by atoms with Crippen LogP contribution in [0.5, 0.6) is 0 Å². The number of amides is 1. The normalized spacial score (nSPS) is 16.0. The number of H-pyrrole nitrogens is 2. The van der Waals surface area contributed by atoms with Gasteiger partial charge >= 0.3 is 11.7 Å². The Bertz CT molecular complexity index is 684. The Hall–Kier alpha value is -2.38. The van der Waals surface area contributed by atoms with Crippen LogP contribution in [0.3, 0.4) is 0 Å². The van der Waals surface area contributed by atoms with Crippen LogP contribution in [0.15, 0.2) is 9.59 Å². The third-order valence-electron chi connectivity index (χ3n) is 3.85. The van der Waals surface area contributed by atoms with E-state index >= 15 is 0 Å². The lowest BCUT2D eigenvalue weighted by atomic mass is 9.76. The van der Waals surface area contributed by atoms with Gasteiger partial charge in [0.25, 0.3) is 5.56 Å². The number of aryl methyl sites for hydroxylation is 1. The first-order valence-electron chi connectivity index (χ1n) is 6.70. The Kier molecular flexibility index (Phi) is 3.97. The van der Waals surface area contributed by atoms with Crippen LogP contribution in [-0.2, 0) is 16.0 Å². The van der Waals surface area contributed by atoms with E-state index in [1.165, 1.54) is 0 Å². The van der Waals surface area contributed by atoms with Gasteiger partial charge in [-0.1, -0.05) is 0 Å². The summed E-state index contributed by atoms with van der Waals surface area (Å²) in [5, 5.41) is 11.7. The van der Waals surface area contributed by atoms with Gasteiger partial charge in [0.05, 0.1) is 0 Å². The van der Waals surface area contributed by atoms with Crippen LogP contribution in [0.25, 0.3) is 0 Å². The van der Waals surface area contributed by atoms with E-state index in [0.29, 0.717) is 24.1 Å². The molecule has 0 spiro atoms. The summed E-state index contributed by atoms with van der Waals surface area (Å²) in [5.74, 6) is -1.44. The van der Waals surface area contributed by atoms with Gasteiger partial charge in [0.15, 0.2) is 0 Å². The maximum absolute atomic E-state index is 11.9. The molecule has 0 saturated heterocycles. The number of carboxylic acid groups (broad SMARTS) is 1. The predicted molar refractivity (Wildman–Crippen MR) is 73.1 cm³/mol. The van der Waals surface area contributed by atoms with Crippen LogP contribution in [0.1, 0.15) is 36.9 Å². The first-order valence-corrected chi connectivity index (χ1v) is 6.70. The predicted octanol–water partition coefficient (Wildman–Crippen LogP) is -0.572. The molecule has 1 aliphatic rings. The van der Waals surface area contributed by atoms with Crippen molar-refractivity contribution in [3.63, 3.8) is 0 Å². The third-order valence-corrected chi connectivity index (χ3v) is 3.85. The molecule has 1 saturated carbocycles. The van der Waals surface area contributed by atoms with Gasteiger partial charge in [-0.2, -0.15) is 0 Å². The Morgan fingerprint density at radius 2 is 1.95 bits per heavy atom. The zero-order chi connectivity index (χ0) is 15.6. The van der Waals surface area contributed by atoms with Crippen LogP contribution in [0.2, 0.25) is 0 Å².